The zero-order chi connectivity index (χ0) is 10.4. The van der Waals surface area contributed by atoms with Gasteiger partial charge in [-0.15, -0.1) is 13.2 Å². The van der Waals surface area contributed by atoms with Gasteiger partial charge in [-0.3, -0.25) is 0 Å². The van der Waals surface area contributed by atoms with E-state index in [0.717, 1.165) is 12.1 Å². The monoisotopic (exact) mass is 184 g/mol. The molecule has 0 saturated carbocycles. The fourth-order valence-corrected chi connectivity index (χ4v) is 0.568. The van der Waals surface area contributed by atoms with Crippen molar-refractivity contribution in [2.45, 2.75) is 0 Å². The van der Waals surface area contributed by atoms with Gasteiger partial charge in [0, 0.05) is 0 Å². The molecule has 0 radical (unpaired) electrons. The first-order valence-electron chi connectivity index (χ1n) is 3.17. The number of rotatable bonds is 2. The number of carbonyl (C=O) groups is 2. The summed E-state index contributed by atoms with van der Waals surface area (Å²) in [6.07, 6.45) is 0. The molecule has 0 aliphatic carbocycles. The van der Waals surface area contributed by atoms with Crippen LogP contribution in [0.1, 0.15) is 21.1 Å². The molecule has 0 atom stereocenters. The van der Waals surface area contributed by atoms with Gasteiger partial charge in [-0.2, -0.15) is 0 Å². The first-order chi connectivity index (χ1) is 6.11. The Kier molecular flexibility index (Phi) is 4.01. The predicted octanol–water partition coefficient (Wildman–Crippen LogP) is 1.48. The molecule has 0 spiro atoms. The Morgan fingerprint density at radius 2 is 1.38 bits per heavy atom. The highest BCUT2D eigenvalue weighted by Crippen LogP contribution is 2.06. The van der Waals surface area contributed by atoms with Gasteiger partial charge in [0.05, 0.1) is 0 Å². The fourth-order valence-electron chi connectivity index (χ4n) is 0.568. The topological polar surface area (TPSA) is 87.7 Å². The first kappa shape index (κ1) is 11.0. The molecule has 0 bridgehead atoms. The Balaban J connectivity index is 0.000000671. The molecule has 70 valence electrons. The minimum atomic E-state index is -1.28. The Morgan fingerprint density at radius 1 is 1.08 bits per heavy atom. The van der Waals surface area contributed by atoms with Crippen LogP contribution in [0.3, 0.4) is 0 Å². The van der Waals surface area contributed by atoms with Crippen LogP contribution >= 0.6 is 0 Å². The van der Waals surface area contributed by atoms with Crippen molar-refractivity contribution in [3.05, 3.63) is 36.8 Å². The summed E-state index contributed by atoms with van der Waals surface area (Å²) >= 11 is 0. The van der Waals surface area contributed by atoms with E-state index in [1.807, 2.05) is 0 Å². The van der Waals surface area contributed by atoms with Crippen LogP contribution in [0.2, 0.25) is 0 Å². The normalized spacial score (nSPS) is 8.31. The van der Waals surface area contributed by atoms with Crippen LogP contribution in [-0.2, 0) is 0 Å². The fraction of sp³-hybridized carbons (Fsp3) is 0. The number of carboxylic acid groups (broad SMARTS) is 2. The molecule has 0 aliphatic heterocycles. The molecule has 0 amide bonds. The standard InChI is InChI=1S/C6H4O5.C2H4/c7-5(8)3-1-2-4(11-3)6(9)10;1-2/h1-2H,(H,7,8)(H,9,10);1-2H2. The number of carboxylic acids is 2. The lowest BCUT2D eigenvalue weighted by Gasteiger charge is -1.84. The molecule has 1 aromatic rings. The SMILES string of the molecule is C=C.O=C(O)c1ccc(C(=O)O)o1. The van der Waals surface area contributed by atoms with E-state index in [4.69, 9.17) is 10.2 Å². The second kappa shape index (κ2) is 4.76. The first-order valence-corrected chi connectivity index (χ1v) is 3.17. The molecule has 0 aromatic carbocycles. The molecule has 0 aliphatic rings. The van der Waals surface area contributed by atoms with E-state index < -0.39 is 11.9 Å². The lowest BCUT2D eigenvalue weighted by Crippen LogP contribution is -1.94. The summed E-state index contributed by atoms with van der Waals surface area (Å²) in [4.78, 5) is 20.3. The lowest BCUT2D eigenvalue weighted by molar-refractivity contribution is 0.0632. The minimum Gasteiger partial charge on any atom is -0.475 e. The Morgan fingerprint density at radius 3 is 1.54 bits per heavy atom. The van der Waals surface area contributed by atoms with Crippen LogP contribution in [0.4, 0.5) is 0 Å². The molecular weight excluding hydrogens is 176 g/mol. The number of hydrogen-bond acceptors (Lipinski definition) is 3. The van der Waals surface area contributed by atoms with Crippen molar-refractivity contribution < 1.29 is 24.2 Å². The predicted molar refractivity (Wildman–Crippen MR) is 43.9 cm³/mol. The van der Waals surface area contributed by atoms with E-state index in [1.165, 1.54) is 0 Å². The van der Waals surface area contributed by atoms with Crippen LogP contribution in [0, 0.1) is 0 Å². The maximum atomic E-state index is 10.2. The molecule has 2 N–H and O–H groups in total. The van der Waals surface area contributed by atoms with E-state index in [2.05, 4.69) is 17.6 Å². The average Bonchev–Trinajstić information content (AvgIpc) is 2.56. The molecule has 1 rings (SSSR count). The van der Waals surface area contributed by atoms with Crippen molar-refractivity contribution in [2.24, 2.45) is 0 Å². The van der Waals surface area contributed by atoms with Crippen LogP contribution < -0.4 is 0 Å². The summed E-state index contributed by atoms with van der Waals surface area (Å²) in [6.45, 7) is 6.00. The van der Waals surface area contributed by atoms with Crippen molar-refractivity contribution in [3.8, 4) is 0 Å². The number of hydrogen-bond donors (Lipinski definition) is 2. The number of furan rings is 1. The molecule has 0 unspecified atom stereocenters. The third-order valence-corrected chi connectivity index (χ3v) is 1.03. The van der Waals surface area contributed by atoms with Gasteiger partial charge in [-0.1, -0.05) is 0 Å². The summed E-state index contributed by atoms with van der Waals surface area (Å²) in [5, 5.41) is 16.6. The smallest absolute Gasteiger partial charge is 0.371 e. The van der Waals surface area contributed by atoms with Crippen molar-refractivity contribution >= 4 is 11.9 Å². The molecule has 5 nitrogen and oxygen atoms in total. The summed E-state index contributed by atoms with van der Waals surface area (Å²) in [5.74, 6) is -3.31. The Bertz CT molecular complexity index is 284. The molecule has 0 fully saturated rings. The van der Waals surface area contributed by atoms with Gasteiger partial charge >= 0.3 is 11.9 Å². The van der Waals surface area contributed by atoms with Gasteiger partial charge < -0.3 is 14.6 Å². The molecule has 5 heteroatoms. The van der Waals surface area contributed by atoms with E-state index in [0.29, 0.717) is 0 Å². The second-order valence-corrected chi connectivity index (χ2v) is 1.77. The highest BCUT2D eigenvalue weighted by molar-refractivity contribution is 5.88. The highest BCUT2D eigenvalue weighted by atomic mass is 16.4. The van der Waals surface area contributed by atoms with Crippen LogP contribution in [-0.4, -0.2) is 22.2 Å². The van der Waals surface area contributed by atoms with Crippen molar-refractivity contribution in [1.29, 1.82) is 0 Å². The van der Waals surface area contributed by atoms with E-state index in [-0.39, 0.29) is 11.5 Å². The maximum Gasteiger partial charge on any atom is 0.371 e. The molecule has 1 heterocycles. The Labute approximate surface area is 73.9 Å². The zero-order valence-corrected chi connectivity index (χ0v) is 6.69. The average molecular weight is 184 g/mol. The van der Waals surface area contributed by atoms with Crippen molar-refractivity contribution in [1.82, 2.24) is 0 Å². The zero-order valence-electron chi connectivity index (χ0n) is 6.69. The third-order valence-electron chi connectivity index (χ3n) is 1.03. The largest absolute Gasteiger partial charge is 0.475 e. The van der Waals surface area contributed by atoms with Gasteiger partial charge in [-0.05, 0) is 12.1 Å². The minimum absolute atomic E-state index is 0.373. The molecular formula is C8H8O5. The third kappa shape index (κ3) is 2.82. The maximum absolute atomic E-state index is 10.2. The van der Waals surface area contributed by atoms with Crippen molar-refractivity contribution in [2.75, 3.05) is 0 Å². The molecule has 0 saturated heterocycles. The van der Waals surface area contributed by atoms with Crippen molar-refractivity contribution in [3.63, 3.8) is 0 Å². The van der Waals surface area contributed by atoms with Gasteiger partial charge in [0.15, 0.2) is 0 Å². The van der Waals surface area contributed by atoms with E-state index >= 15 is 0 Å². The second-order valence-electron chi connectivity index (χ2n) is 1.77. The highest BCUT2D eigenvalue weighted by Gasteiger charge is 2.12. The van der Waals surface area contributed by atoms with Crippen LogP contribution in [0.25, 0.3) is 0 Å². The summed E-state index contributed by atoms with van der Waals surface area (Å²) < 4.78 is 4.41. The molecule has 13 heavy (non-hydrogen) atoms. The van der Waals surface area contributed by atoms with Crippen LogP contribution in [0.15, 0.2) is 29.7 Å². The van der Waals surface area contributed by atoms with Crippen LogP contribution in [0.5, 0.6) is 0 Å². The number of aromatic carboxylic acids is 2. The van der Waals surface area contributed by atoms with Gasteiger partial charge in [0.1, 0.15) is 0 Å². The summed E-state index contributed by atoms with van der Waals surface area (Å²) in [7, 11) is 0. The molecule has 1 aromatic heterocycles. The van der Waals surface area contributed by atoms with Gasteiger partial charge in [0.25, 0.3) is 0 Å². The summed E-state index contributed by atoms with van der Waals surface area (Å²) in [6, 6.07) is 2.18. The van der Waals surface area contributed by atoms with Gasteiger partial charge in [0.2, 0.25) is 11.5 Å². The Hall–Kier alpha value is -2.04. The van der Waals surface area contributed by atoms with Gasteiger partial charge in [-0.25, -0.2) is 9.59 Å². The quantitative estimate of drug-likeness (QED) is 0.679. The van der Waals surface area contributed by atoms with E-state index in [1.54, 1.807) is 0 Å². The lowest BCUT2D eigenvalue weighted by atomic mass is 10.4. The van der Waals surface area contributed by atoms with E-state index in [9.17, 15) is 9.59 Å². The summed E-state index contributed by atoms with van der Waals surface area (Å²) in [5.41, 5.74) is 0.